The Labute approximate surface area is 400 Å². The maximum atomic E-state index is 12.8. The average Bonchev–Trinajstić information content (AvgIpc) is 3.30. The summed E-state index contributed by atoms with van der Waals surface area (Å²) in [6, 6.07) is 0. The zero-order valence-electron chi connectivity index (χ0n) is 42.0. The van der Waals surface area contributed by atoms with Crippen LogP contribution in [0.5, 0.6) is 0 Å². The van der Waals surface area contributed by atoms with Crippen molar-refractivity contribution in [2.75, 3.05) is 13.2 Å². The van der Waals surface area contributed by atoms with Crippen LogP contribution in [-0.2, 0) is 28.6 Å². The maximum absolute atomic E-state index is 12.8. The van der Waals surface area contributed by atoms with Crippen molar-refractivity contribution in [2.45, 2.75) is 232 Å². The number of allylic oxidation sites excluding steroid dienone is 18. The highest BCUT2D eigenvalue weighted by Gasteiger charge is 2.19. The number of esters is 3. The minimum Gasteiger partial charge on any atom is -0.462 e. The summed E-state index contributed by atoms with van der Waals surface area (Å²) in [6.45, 7) is 6.25. The summed E-state index contributed by atoms with van der Waals surface area (Å²) in [5.41, 5.74) is 0. The molecule has 0 N–H and O–H groups in total. The topological polar surface area (TPSA) is 78.9 Å². The average molecular weight is 901 g/mol. The normalized spacial score (nSPS) is 13.0. The van der Waals surface area contributed by atoms with Gasteiger partial charge in [0.2, 0.25) is 0 Å². The molecule has 0 radical (unpaired) electrons. The summed E-state index contributed by atoms with van der Waals surface area (Å²) in [5, 5.41) is 0. The van der Waals surface area contributed by atoms with Crippen LogP contribution in [0.4, 0.5) is 0 Å². The number of carbonyl (C=O) groups is 3. The smallest absolute Gasteiger partial charge is 0.306 e. The van der Waals surface area contributed by atoms with Crippen molar-refractivity contribution in [3.63, 3.8) is 0 Å². The quantitative estimate of drug-likeness (QED) is 0.0262. The van der Waals surface area contributed by atoms with Crippen molar-refractivity contribution in [2.24, 2.45) is 0 Å². The van der Waals surface area contributed by atoms with Gasteiger partial charge in [0.1, 0.15) is 13.2 Å². The van der Waals surface area contributed by atoms with E-state index >= 15 is 0 Å². The van der Waals surface area contributed by atoms with Crippen molar-refractivity contribution >= 4 is 17.9 Å². The molecule has 0 saturated carbocycles. The third kappa shape index (κ3) is 50.9. The lowest BCUT2D eigenvalue weighted by Gasteiger charge is -2.18. The van der Waals surface area contributed by atoms with Gasteiger partial charge in [0.15, 0.2) is 6.10 Å². The number of carbonyl (C=O) groups excluding carboxylic acids is 3. The van der Waals surface area contributed by atoms with Crippen LogP contribution in [0.2, 0.25) is 0 Å². The monoisotopic (exact) mass is 901 g/mol. The van der Waals surface area contributed by atoms with Gasteiger partial charge >= 0.3 is 17.9 Å². The van der Waals surface area contributed by atoms with Crippen LogP contribution in [0.3, 0.4) is 0 Å². The van der Waals surface area contributed by atoms with Crippen molar-refractivity contribution in [3.05, 3.63) is 109 Å². The van der Waals surface area contributed by atoms with E-state index in [0.717, 1.165) is 135 Å². The molecule has 1 unspecified atom stereocenters. The largest absolute Gasteiger partial charge is 0.462 e. The highest BCUT2D eigenvalue weighted by Crippen LogP contribution is 2.14. The Balaban J connectivity index is 4.46. The van der Waals surface area contributed by atoms with Gasteiger partial charge in [0.25, 0.3) is 0 Å². The van der Waals surface area contributed by atoms with Crippen LogP contribution >= 0.6 is 0 Å². The van der Waals surface area contributed by atoms with Gasteiger partial charge < -0.3 is 14.2 Å². The first-order valence-corrected chi connectivity index (χ1v) is 26.4. The third-order valence-corrected chi connectivity index (χ3v) is 10.8. The van der Waals surface area contributed by atoms with Gasteiger partial charge in [-0.3, -0.25) is 14.4 Å². The zero-order chi connectivity index (χ0) is 47.2. The molecule has 0 aromatic rings. The molecule has 0 spiro atoms. The summed E-state index contributed by atoms with van der Waals surface area (Å²) >= 11 is 0. The molecule has 0 aromatic heterocycles. The van der Waals surface area contributed by atoms with Crippen molar-refractivity contribution < 1.29 is 28.6 Å². The SMILES string of the molecule is CC/C=C\C/C=C\C/C=C\CCCCCCCCCC(=O)OCC(COC(=O)CCCCC/C=C\C/C=C\C/C=C\CC)OC(=O)CCCCCCCCC/C=C\C/C=C\C/C=C\CC. The predicted molar refractivity (Wildman–Crippen MR) is 279 cm³/mol. The lowest BCUT2D eigenvalue weighted by molar-refractivity contribution is -0.167. The fourth-order valence-electron chi connectivity index (χ4n) is 6.90. The molecule has 65 heavy (non-hydrogen) atoms. The van der Waals surface area contributed by atoms with Gasteiger partial charge in [0, 0.05) is 19.3 Å². The van der Waals surface area contributed by atoms with Crippen LogP contribution in [-0.4, -0.2) is 37.2 Å². The van der Waals surface area contributed by atoms with Crippen molar-refractivity contribution in [3.8, 4) is 0 Å². The fraction of sp³-hybridized carbons (Fsp3) is 0.644. The van der Waals surface area contributed by atoms with E-state index in [1.807, 2.05) is 0 Å². The van der Waals surface area contributed by atoms with E-state index in [-0.39, 0.29) is 31.1 Å². The summed E-state index contributed by atoms with van der Waals surface area (Å²) < 4.78 is 16.8. The fourth-order valence-corrected chi connectivity index (χ4v) is 6.90. The Morgan fingerprint density at radius 3 is 0.877 bits per heavy atom. The molecule has 6 heteroatoms. The molecule has 0 fully saturated rings. The first-order valence-electron chi connectivity index (χ1n) is 26.4. The molecule has 368 valence electrons. The molecule has 0 bridgehead atoms. The van der Waals surface area contributed by atoms with Gasteiger partial charge in [0.05, 0.1) is 0 Å². The highest BCUT2D eigenvalue weighted by atomic mass is 16.6. The number of hydrogen-bond donors (Lipinski definition) is 0. The molecule has 0 aliphatic rings. The first kappa shape index (κ1) is 61.1. The molecule has 0 saturated heterocycles. The minimum atomic E-state index is -0.801. The van der Waals surface area contributed by atoms with E-state index in [4.69, 9.17) is 14.2 Å². The number of ether oxygens (including phenoxy) is 3. The Morgan fingerprint density at radius 1 is 0.308 bits per heavy atom. The van der Waals surface area contributed by atoms with Crippen LogP contribution in [0.1, 0.15) is 226 Å². The van der Waals surface area contributed by atoms with Crippen LogP contribution in [0.25, 0.3) is 0 Å². The molecule has 0 aliphatic heterocycles. The van der Waals surface area contributed by atoms with Gasteiger partial charge in [-0.2, -0.15) is 0 Å². The Kier molecular flexibility index (Phi) is 49.5. The van der Waals surface area contributed by atoms with E-state index in [9.17, 15) is 14.4 Å². The van der Waals surface area contributed by atoms with Crippen LogP contribution in [0.15, 0.2) is 109 Å². The van der Waals surface area contributed by atoms with E-state index in [1.165, 1.54) is 51.4 Å². The first-order chi connectivity index (χ1) is 32.0. The molecule has 0 heterocycles. The Bertz CT molecular complexity index is 1360. The molecule has 0 amide bonds. The zero-order valence-corrected chi connectivity index (χ0v) is 42.0. The summed E-state index contributed by atoms with van der Waals surface area (Å²) in [7, 11) is 0. The molecule has 6 nitrogen and oxygen atoms in total. The second-order valence-corrected chi connectivity index (χ2v) is 17.0. The Morgan fingerprint density at radius 2 is 0.554 bits per heavy atom. The van der Waals surface area contributed by atoms with E-state index in [2.05, 4.69) is 130 Å². The summed E-state index contributed by atoms with van der Waals surface area (Å²) in [5.74, 6) is -0.952. The van der Waals surface area contributed by atoms with Gasteiger partial charge in [-0.25, -0.2) is 0 Å². The number of unbranched alkanes of at least 4 members (excludes halogenated alkanes) is 17. The van der Waals surface area contributed by atoms with Crippen LogP contribution in [0, 0.1) is 0 Å². The van der Waals surface area contributed by atoms with Crippen molar-refractivity contribution in [1.82, 2.24) is 0 Å². The predicted octanol–water partition coefficient (Wildman–Crippen LogP) is 17.5. The summed E-state index contributed by atoms with van der Waals surface area (Å²) in [4.78, 5) is 38.0. The molecule has 0 aliphatic carbocycles. The number of hydrogen-bond acceptors (Lipinski definition) is 6. The lowest BCUT2D eigenvalue weighted by atomic mass is 10.1. The molecule has 1 atom stereocenters. The number of rotatable bonds is 46. The van der Waals surface area contributed by atoms with Gasteiger partial charge in [-0.15, -0.1) is 0 Å². The second kappa shape index (κ2) is 52.7. The minimum absolute atomic E-state index is 0.0988. The van der Waals surface area contributed by atoms with Gasteiger partial charge in [-0.05, 0) is 116 Å². The Hall–Kier alpha value is -3.93. The molecule has 0 rings (SSSR count). The van der Waals surface area contributed by atoms with Crippen LogP contribution < -0.4 is 0 Å². The lowest BCUT2D eigenvalue weighted by Crippen LogP contribution is -2.30. The molecule has 0 aromatic carbocycles. The standard InChI is InChI=1S/C59H96O6/c1-4-7-10-13-16-19-22-25-27-29-31-34-37-40-43-46-49-52-58(61)64-55-56(54-63-57(60)51-48-45-42-39-36-33-24-21-18-15-12-9-6-3)65-59(62)53-50-47-44-41-38-35-32-30-28-26-23-20-17-14-11-8-5-2/h7-12,16-21,25-28,33,36,56H,4-6,13-15,22-24,29-32,34-35,37-55H2,1-3H3/b10-7-,11-8-,12-9-,19-16-,20-17-,21-18-,27-25-,28-26-,36-33-. The van der Waals surface area contributed by atoms with Gasteiger partial charge in [-0.1, -0.05) is 201 Å². The van der Waals surface area contributed by atoms with Crippen molar-refractivity contribution in [1.29, 1.82) is 0 Å². The van der Waals surface area contributed by atoms with E-state index in [1.54, 1.807) is 0 Å². The van der Waals surface area contributed by atoms with E-state index < -0.39 is 6.10 Å². The highest BCUT2D eigenvalue weighted by molar-refractivity contribution is 5.71. The maximum Gasteiger partial charge on any atom is 0.306 e. The molecular weight excluding hydrogens is 805 g/mol. The molecular formula is C59H96O6. The second-order valence-electron chi connectivity index (χ2n) is 17.0. The third-order valence-electron chi connectivity index (χ3n) is 10.8. The summed E-state index contributed by atoms with van der Waals surface area (Å²) in [6.07, 6.45) is 70.7. The van der Waals surface area contributed by atoms with E-state index in [0.29, 0.717) is 19.3 Å².